The van der Waals surface area contributed by atoms with Gasteiger partial charge in [-0.25, -0.2) is 12.8 Å². The highest BCUT2D eigenvalue weighted by atomic mass is 32.2. The number of aryl methyl sites for hydroxylation is 1. The van der Waals surface area contributed by atoms with Crippen LogP contribution in [0.1, 0.15) is 18.1 Å². The molecule has 0 heterocycles. The summed E-state index contributed by atoms with van der Waals surface area (Å²) in [5.41, 5.74) is 5.90. The minimum Gasteiger partial charge on any atom is -0.383 e. The van der Waals surface area contributed by atoms with Crippen LogP contribution in [0.3, 0.4) is 0 Å². The summed E-state index contributed by atoms with van der Waals surface area (Å²) in [5.74, 6) is -0.459. The molecular weight excluding hydrogens is 283 g/mol. The third-order valence-electron chi connectivity index (χ3n) is 3.23. The third-order valence-corrected chi connectivity index (χ3v) is 5.18. The number of rotatable bonds is 6. The summed E-state index contributed by atoms with van der Waals surface area (Å²) >= 11 is 0. The summed E-state index contributed by atoms with van der Waals surface area (Å²) in [4.78, 5) is 0.0438. The van der Waals surface area contributed by atoms with E-state index in [1.807, 2.05) is 0 Å². The van der Waals surface area contributed by atoms with E-state index in [2.05, 4.69) is 0 Å². The molecule has 0 saturated carbocycles. The molecule has 0 bridgehead atoms. The van der Waals surface area contributed by atoms with E-state index >= 15 is 0 Å². The van der Waals surface area contributed by atoms with Gasteiger partial charge in [0.2, 0.25) is 10.0 Å². The largest absolute Gasteiger partial charge is 0.383 e. The van der Waals surface area contributed by atoms with Crippen LogP contribution in [0.4, 0.5) is 4.39 Å². The van der Waals surface area contributed by atoms with Crippen LogP contribution in [0.15, 0.2) is 17.0 Å². The SMILES string of the molecule is COCC(C)N(C)S(=O)(=O)c1cc(C)c(F)c(CN)c1. The maximum atomic E-state index is 13.7. The first-order valence-corrected chi connectivity index (χ1v) is 7.65. The molecule has 0 fully saturated rings. The minimum atomic E-state index is -3.70. The van der Waals surface area contributed by atoms with E-state index in [0.717, 1.165) is 0 Å². The smallest absolute Gasteiger partial charge is 0.243 e. The van der Waals surface area contributed by atoms with Crippen molar-refractivity contribution in [1.82, 2.24) is 4.31 Å². The zero-order valence-electron chi connectivity index (χ0n) is 12.2. The molecule has 1 aromatic rings. The number of likely N-dealkylation sites (N-methyl/N-ethyl adjacent to an activating group) is 1. The van der Waals surface area contributed by atoms with E-state index in [0.29, 0.717) is 0 Å². The molecule has 1 atom stereocenters. The number of halogens is 1. The van der Waals surface area contributed by atoms with Crippen LogP contribution in [0.5, 0.6) is 0 Å². The Kier molecular flexibility index (Phi) is 5.64. The van der Waals surface area contributed by atoms with Crippen LogP contribution >= 0.6 is 0 Å². The van der Waals surface area contributed by atoms with Crippen LogP contribution in [-0.2, 0) is 21.3 Å². The molecule has 0 aliphatic rings. The van der Waals surface area contributed by atoms with Gasteiger partial charge in [0.15, 0.2) is 0 Å². The maximum absolute atomic E-state index is 13.7. The molecule has 2 N–H and O–H groups in total. The first-order valence-electron chi connectivity index (χ1n) is 6.21. The van der Waals surface area contributed by atoms with Gasteiger partial charge in [0.05, 0.1) is 11.5 Å². The van der Waals surface area contributed by atoms with E-state index in [-0.39, 0.29) is 35.2 Å². The molecule has 5 nitrogen and oxygen atoms in total. The van der Waals surface area contributed by atoms with Crippen LogP contribution in [-0.4, -0.2) is 39.5 Å². The second kappa shape index (κ2) is 6.62. The molecule has 0 spiro atoms. The van der Waals surface area contributed by atoms with E-state index in [9.17, 15) is 12.8 Å². The summed E-state index contributed by atoms with van der Waals surface area (Å²) in [6.07, 6.45) is 0. The Morgan fingerprint density at radius 3 is 2.55 bits per heavy atom. The molecule has 1 aromatic carbocycles. The van der Waals surface area contributed by atoms with Crippen molar-refractivity contribution in [3.63, 3.8) is 0 Å². The van der Waals surface area contributed by atoms with Gasteiger partial charge in [0.1, 0.15) is 5.82 Å². The second-order valence-electron chi connectivity index (χ2n) is 4.74. The van der Waals surface area contributed by atoms with E-state index in [4.69, 9.17) is 10.5 Å². The Bertz CT molecular complexity index is 575. The standard InChI is InChI=1S/C13H21FN2O3S/c1-9-5-12(6-11(7-15)13(9)14)20(17,18)16(3)10(2)8-19-4/h5-6,10H,7-8,15H2,1-4H3. The number of nitrogens with two attached hydrogens (primary N) is 1. The second-order valence-corrected chi connectivity index (χ2v) is 6.74. The first-order chi connectivity index (χ1) is 9.25. The van der Waals surface area contributed by atoms with Gasteiger partial charge in [-0.2, -0.15) is 4.31 Å². The van der Waals surface area contributed by atoms with Crippen molar-refractivity contribution in [3.05, 3.63) is 29.1 Å². The van der Waals surface area contributed by atoms with Gasteiger partial charge in [0.25, 0.3) is 0 Å². The normalized spacial score (nSPS) is 13.8. The number of hydrogen-bond donors (Lipinski definition) is 1. The lowest BCUT2D eigenvalue weighted by molar-refractivity contribution is 0.149. The van der Waals surface area contributed by atoms with Gasteiger partial charge in [-0.15, -0.1) is 0 Å². The van der Waals surface area contributed by atoms with Crippen molar-refractivity contribution in [1.29, 1.82) is 0 Å². The molecule has 0 aliphatic heterocycles. The van der Waals surface area contributed by atoms with Crippen molar-refractivity contribution >= 4 is 10.0 Å². The molecule has 114 valence electrons. The predicted molar refractivity (Wildman–Crippen MR) is 75.3 cm³/mol. The van der Waals surface area contributed by atoms with E-state index in [1.165, 1.54) is 37.5 Å². The number of methoxy groups -OCH3 is 1. The monoisotopic (exact) mass is 304 g/mol. The number of hydrogen-bond acceptors (Lipinski definition) is 4. The Morgan fingerprint density at radius 1 is 1.45 bits per heavy atom. The number of nitrogens with zero attached hydrogens (tertiary/aromatic N) is 1. The van der Waals surface area contributed by atoms with E-state index in [1.54, 1.807) is 6.92 Å². The van der Waals surface area contributed by atoms with Crippen molar-refractivity contribution in [2.75, 3.05) is 20.8 Å². The van der Waals surface area contributed by atoms with Gasteiger partial charge < -0.3 is 10.5 Å². The third kappa shape index (κ3) is 3.35. The van der Waals surface area contributed by atoms with Gasteiger partial charge in [0, 0.05) is 32.3 Å². The molecule has 1 rings (SSSR count). The molecule has 0 amide bonds. The fourth-order valence-corrected chi connectivity index (χ4v) is 3.34. The lowest BCUT2D eigenvalue weighted by Gasteiger charge is -2.24. The molecule has 20 heavy (non-hydrogen) atoms. The lowest BCUT2D eigenvalue weighted by Crippen LogP contribution is -2.37. The Hall–Kier alpha value is -1.02. The Balaban J connectivity index is 3.25. The summed E-state index contributed by atoms with van der Waals surface area (Å²) in [7, 11) is -0.724. The van der Waals surface area contributed by atoms with Gasteiger partial charge in [-0.3, -0.25) is 0 Å². The lowest BCUT2D eigenvalue weighted by atomic mass is 10.1. The molecule has 1 unspecified atom stereocenters. The fourth-order valence-electron chi connectivity index (χ4n) is 1.85. The maximum Gasteiger partial charge on any atom is 0.243 e. The highest BCUT2D eigenvalue weighted by molar-refractivity contribution is 7.89. The van der Waals surface area contributed by atoms with Gasteiger partial charge >= 0.3 is 0 Å². The molecule has 0 aliphatic carbocycles. The minimum absolute atomic E-state index is 0.0438. The van der Waals surface area contributed by atoms with Crippen LogP contribution in [0.25, 0.3) is 0 Å². The van der Waals surface area contributed by atoms with Crippen molar-refractivity contribution in [2.24, 2.45) is 5.73 Å². The highest BCUT2D eigenvalue weighted by Crippen LogP contribution is 2.22. The molecule has 7 heteroatoms. The van der Waals surface area contributed by atoms with Crippen LogP contribution in [0.2, 0.25) is 0 Å². The molecular formula is C13H21FN2O3S. The highest BCUT2D eigenvalue weighted by Gasteiger charge is 2.26. The van der Waals surface area contributed by atoms with Crippen LogP contribution < -0.4 is 5.73 Å². The quantitative estimate of drug-likeness (QED) is 0.858. The number of benzene rings is 1. The average molecular weight is 304 g/mol. The summed E-state index contributed by atoms with van der Waals surface area (Å²) in [5, 5.41) is 0. The molecule has 0 saturated heterocycles. The summed E-state index contributed by atoms with van der Waals surface area (Å²) in [6.45, 7) is 3.49. The zero-order valence-corrected chi connectivity index (χ0v) is 13.0. The topological polar surface area (TPSA) is 72.6 Å². The molecule has 0 aromatic heterocycles. The van der Waals surface area contributed by atoms with Crippen LogP contribution in [0, 0.1) is 12.7 Å². The van der Waals surface area contributed by atoms with E-state index < -0.39 is 15.8 Å². The fraction of sp³-hybridized carbons (Fsp3) is 0.538. The van der Waals surface area contributed by atoms with Crippen molar-refractivity contribution in [3.8, 4) is 0 Å². The first kappa shape index (κ1) is 17.0. The Morgan fingerprint density at radius 2 is 2.05 bits per heavy atom. The zero-order chi connectivity index (χ0) is 15.5. The van der Waals surface area contributed by atoms with Crippen molar-refractivity contribution < 1.29 is 17.5 Å². The van der Waals surface area contributed by atoms with Gasteiger partial charge in [-0.05, 0) is 31.5 Å². The number of ether oxygens (including phenoxy) is 1. The summed E-state index contributed by atoms with van der Waals surface area (Å²) < 4.78 is 44.9. The van der Waals surface area contributed by atoms with Crippen molar-refractivity contribution in [2.45, 2.75) is 31.3 Å². The van der Waals surface area contributed by atoms with Gasteiger partial charge in [-0.1, -0.05) is 0 Å². The average Bonchev–Trinajstić information content (AvgIpc) is 2.40. The number of sulfonamides is 1. The predicted octanol–water partition coefficient (Wildman–Crippen LogP) is 1.25. The Labute approximate surface area is 119 Å². The summed E-state index contributed by atoms with van der Waals surface area (Å²) in [6, 6.07) is 2.28. The molecule has 0 radical (unpaired) electrons.